The fourth-order valence-electron chi connectivity index (χ4n) is 3.26. The normalized spacial score (nSPS) is 20.5. The molecular weight excluding hydrogens is 391 g/mol. The van der Waals surface area contributed by atoms with Gasteiger partial charge in [0.25, 0.3) is 11.8 Å². The fourth-order valence-corrected chi connectivity index (χ4v) is 3.50. The first-order valence-electron chi connectivity index (χ1n) is 8.54. The van der Waals surface area contributed by atoms with Crippen LogP contribution >= 0.6 is 11.6 Å². The minimum absolute atomic E-state index is 0.0734. The molecule has 0 bridgehead atoms. The number of aliphatic hydroxyl groups is 1. The van der Waals surface area contributed by atoms with Gasteiger partial charge in [-0.05, 0) is 35.9 Å². The van der Waals surface area contributed by atoms with Gasteiger partial charge in [0, 0.05) is 36.3 Å². The van der Waals surface area contributed by atoms with Gasteiger partial charge in [-0.15, -0.1) is 0 Å². The molecule has 2 N–H and O–H groups in total. The Morgan fingerprint density at radius 3 is 2.82 bits per heavy atom. The van der Waals surface area contributed by atoms with Gasteiger partial charge in [-0.3, -0.25) is 9.59 Å². The lowest BCUT2D eigenvalue weighted by molar-refractivity contribution is -0.149. The summed E-state index contributed by atoms with van der Waals surface area (Å²) in [5.74, 6) is -1.06. The van der Waals surface area contributed by atoms with Crippen LogP contribution in [0.25, 0.3) is 0 Å². The molecule has 1 atom stereocenters. The van der Waals surface area contributed by atoms with Crippen LogP contribution in [0.1, 0.15) is 12.0 Å². The Bertz CT molecular complexity index is 949. The number of anilines is 1. The van der Waals surface area contributed by atoms with E-state index in [9.17, 15) is 19.1 Å². The third-order valence-corrected chi connectivity index (χ3v) is 4.93. The molecule has 2 aliphatic rings. The molecule has 0 spiro atoms. The molecular formula is C19H16ClFN2O5. The Labute approximate surface area is 164 Å². The van der Waals surface area contributed by atoms with Crippen molar-refractivity contribution in [3.8, 4) is 11.5 Å². The van der Waals surface area contributed by atoms with Crippen LogP contribution in [0.3, 0.4) is 0 Å². The van der Waals surface area contributed by atoms with Gasteiger partial charge in [0.05, 0.1) is 0 Å². The lowest BCUT2D eigenvalue weighted by atomic mass is 10.0. The van der Waals surface area contributed by atoms with E-state index in [-0.39, 0.29) is 31.3 Å². The van der Waals surface area contributed by atoms with Crippen molar-refractivity contribution in [2.45, 2.75) is 18.6 Å². The minimum atomic E-state index is -2.20. The Morgan fingerprint density at radius 2 is 2.04 bits per heavy atom. The van der Waals surface area contributed by atoms with E-state index in [1.165, 1.54) is 17.0 Å². The van der Waals surface area contributed by atoms with Crippen molar-refractivity contribution in [3.63, 3.8) is 0 Å². The van der Waals surface area contributed by atoms with Gasteiger partial charge >= 0.3 is 0 Å². The number of amides is 2. The molecule has 1 unspecified atom stereocenters. The average molecular weight is 407 g/mol. The highest BCUT2D eigenvalue weighted by Crippen LogP contribution is 2.37. The molecule has 146 valence electrons. The van der Waals surface area contributed by atoms with Crippen LogP contribution in [0.2, 0.25) is 5.02 Å². The third kappa shape index (κ3) is 3.25. The molecule has 0 saturated carbocycles. The predicted molar refractivity (Wildman–Crippen MR) is 97.7 cm³/mol. The lowest BCUT2D eigenvalue weighted by Gasteiger charge is -2.22. The van der Waals surface area contributed by atoms with Crippen molar-refractivity contribution in [3.05, 3.63) is 52.8 Å². The largest absolute Gasteiger partial charge is 0.454 e. The molecule has 2 heterocycles. The number of hydrogen-bond donors (Lipinski definition) is 2. The van der Waals surface area contributed by atoms with Crippen LogP contribution in [-0.2, 0) is 16.1 Å². The molecule has 2 aromatic carbocycles. The van der Waals surface area contributed by atoms with Crippen LogP contribution < -0.4 is 19.7 Å². The van der Waals surface area contributed by atoms with Gasteiger partial charge in [0.15, 0.2) is 11.5 Å². The summed E-state index contributed by atoms with van der Waals surface area (Å²) in [6.07, 6.45) is -0.0734. The maximum atomic E-state index is 13.4. The number of nitrogens with zero attached hydrogens (tertiary/aromatic N) is 1. The number of rotatable bonds is 4. The molecule has 2 aromatic rings. The van der Waals surface area contributed by atoms with Crippen molar-refractivity contribution >= 4 is 29.1 Å². The molecule has 2 amide bonds. The summed E-state index contributed by atoms with van der Waals surface area (Å²) in [7, 11) is 0. The van der Waals surface area contributed by atoms with E-state index in [2.05, 4.69) is 5.32 Å². The smallest absolute Gasteiger partial charge is 0.268 e. The summed E-state index contributed by atoms with van der Waals surface area (Å²) in [4.78, 5) is 26.6. The topological polar surface area (TPSA) is 88.1 Å². The molecule has 4 rings (SSSR count). The molecule has 1 fully saturated rings. The van der Waals surface area contributed by atoms with E-state index >= 15 is 0 Å². The summed E-state index contributed by atoms with van der Waals surface area (Å²) < 4.78 is 23.9. The zero-order valence-corrected chi connectivity index (χ0v) is 15.3. The van der Waals surface area contributed by atoms with Crippen LogP contribution in [0.4, 0.5) is 10.1 Å². The molecule has 0 radical (unpaired) electrons. The van der Waals surface area contributed by atoms with Crippen LogP contribution in [0.15, 0.2) is 36.4 Å². The first-order valence-corrected chi connectivity index (χ1v) is 8.92. The number of hydrogen-bond acceptors (Lipinski definition) is 5. The maximum absolute atomic E-state index is 13.4. The highest BCUT2D eigenvalue weighted by Gasteiger charge is 2.51. The van der Waals surface area contributed by atoms with Crippen molar-refractivity contribution in [2.75, 3.05) is 18.2 Å². The number of halogens is 2. The average Bonchev–Trinajstić information content (AvgIpc) is 3.24. The first-order chi connectivity index (χ1) is 13.4. The van der Waals surface area contributed by atoms with Gasteiger partial charge in [0.1, 0.15) is 5.82 Å². The lowest BCUT2D eigenvalue weighted by Crippen LogP contribution is -2.52. The zero-order valence-electron chi connectivity index (χ0n) is 14.6. The third-order valence-electron chi connectivity index (χ3n) is 4.72. The SMILES string of the molecule is O=C(NCc1cc(F)cc(Cl)c1)C1(O)CCN(c2ccc3c(c2)OCO3)C1=O. The number of nitrogens with one attached hydrogen (secondary N) is 1. The first kappa shape index (κ1) is 18.5. The number of carbonyl (C=O) groups is 2. The van der Waals surface area contributed by atoms with Gasteiger partial charge in [0.2, 0.25) is 12.4 Å². The van der Waals surface area contributed by atoms with Crippen molar-refractivity contribution in [2.24, 2.45) is 0 Å². The number of benzene rings is 2. The van der Waals surface area contributed by atoms with Gasteiger partial charge in [-0.25, -0.2) is 4.39 Å². The predicted octanol–water partition coefficient (Wildman–Crippen LogP) is 1.99. The maximum Gasteiger partial charge on any atom is 0.268 e. The monoisotopic (exact) mass is 406 g/mol. The Balaban J connectivity index is 1.47. The molecule has 1 saturated heterocycles. The van der Waals surface area contributed by atoms with E-state index in [4.69, 9.17) is 21.1 Å². The van der Waals surface area contributed by atoms with Gasteiger partial charge in [-0.2, -0.15) is 0 Å². The summed E-state index contributed by atoms with van der Waals surface area (Å²) in [5.41, 5.74) is -1.29. The van der Waals surface area contributed by atoms with Crippen molar-refractivity contribution < 1.29 is 28.6 Å². The molecule has 28 heavy (non-hydrogen) atoms. The summed E-state index contributed by atoms with van der Waals surface area (Å²) in [6, 6.07) is 8.79. The Morgan fingerprint density at radius 1 is 1.25 bits per heavy atom. The molecule has 0 aliphatic carbocycles. The standard InChI is InChI=1S/C19H16ClFN2O5/c20-12-5-11(6-13(21)7-12)9-22-17(24)19(26)3-4-23(18(19)25)14-1-2-15-16(8-14)28-10-27-15/h1-2,5-8,26H,3-4,9-10H2,(H,22,24). The summed E-state index contributed by atoms with van der Waals surface area (Å²) in [6.45, 7) is 0.188. The van der Waals surface area contributed by atoms with E-state index in [0.717, 1.165) is 6.07 Å². The van der Waals surface area contributed by atoms with Crippen molar-refractivity contribution in [1.29, 1.82) is 0 Å². The van der Waals surface area contributed by atoms with Crippen LogP contribution in [0.5, 0.6) is 11.5 Å². The highest BCUT2D eigenvalue weighted by atomic mass is 35.5. The van der Waals surface area contributed by atoms with Crippen molar-refractivity contribution in [1.82, 2.24) is 5.32 Å². The van der Waals surface area contributed by atoms with Crippen LogP contribution in [0, 0.1) is 5.82 Å². The van der Waals surface area contributed by atoms with Gasteiger partial charge < -0.3 is 24.8 Å². The fraction of sp³-hybridized carbons (Fsp3) is 0.263. The molecule has 0 aromatic heterocycles. The van der Waals surface area contributed by atoms with E-state index < -0.39 is 23.2 Å². The van der Waals surface area contributed by atoms with E-state index in [0.29, 0.717) is 22.7 Å². The van der Waals surface area contributed by atoms with Crippen LogP contribution in [-0.4, -0.2) is 35.9 Å². The highest BCUT2D eigenvalue weighted by molar-refractivity contribution is 6.30. The zero-order chi connectivity index (χ0) is 19.9. The summed E-state index contributed by atoms with van der Waals surface area (Å²) >= 11 is 5.79. The minimum Gasteiger partial charge on any atom is -0.454 e. The Kier molecular flexibility index (Phi) is 4.60. The Hall–Kier alpha value is -2.84. The quantitative estimate of drug-likeness (QED) is 0.758. The molecule has 2 aliphatic heterocycles. The van der Waals surface area contributed by atoms with Gasteiger partial charge in [-0.1, -0.05) is 11.6 Å². The second kappa shape index (κ2) is 6.96. The van der Waals surface area contributed by atoms with E-state index in [1.54, 1.807) is 18.2 Å². The molecule has 9 heteroatoms. The van der Waals surface area contributed by atoms with E-state index in [1.807, 2.05) is 0 Å². The number of ether oxygens (including phenoxy) is 2. The second-order valence-electron chi connectivity index (χ2n) is 6.57. The summed E-state index contributed by atoms with van der Waals surface area (Å²) in [5, 5.41) is 13.3. The molecule has 7 nitrogen and oxygen atoms in total. The second-order valence-corrected chi connectivity index (χ2v) is 7.00. The number of fused-ring (bicyclic) bond motifs is 1. The number of carbonyl (C=O) groups excluding carboxylic acids is 2.